The lowest BCUT2D eigenvalue weighted by Gasteiger charge is -1.93. The highest BCUT2D eigenvalue weighted by Gasteiger charge is 2.07. The zero-order valence-corrected chi connectivity index (χ0v) is 10.00. The van der Waals surface area contributed by atoms with Crippen molar-refractivity contribution in [1.29, 1.82) is 0 Å². The summed E-state index contributed by atoms with van der Waals surface area (Å²) in [4.78, 5) is 11.9. The van der Waals surface area contributed by atoms with Crippen molar-refractivity contribution in [1.82, 2.24) is 0 Å². The van der Waals surface area contributed by atoms with Gasteiger partial charge in [0.2, 0.25) is 0 Å². The molecule has 1 rings (SSSR count). The Morgan fingerprint density at radius 2 is 2.38 bits per heavy atom. The molecule has 0 spiro atoms. The number of hydrogen-bond acceptors (Lipinski definition) is 3. The maximum absolute atomic E-state index is 10.7. The van der Waals surface area contributed by atoms with Crippen molar-refractivity contribution in [3.05, 3.63) is 15.4 Å². The Morgan fingerprint density at radius 3 is 2.85 bits per heavy atom. The molecule has 0 aliphatic heterocycles. The van der Waals surface area contributed by atoms with Gasteiger partial charge in [-0.05, 0) is 35.3 Å². The molecule has 0 unspecified atom stereocenters. The third-order valence-electron chi connectivity index (χ3n) is 1.62. The zero-order valence-electron chi connectivity index (χ0n) is 7.59. The molecule has 0 aliphatic carbocycles. The van der Waals surface area contributed by atoms with E-state index in [1.807, 2.05) is 6.07 Å². The summed E-state index contributed by atoms with van der Waals surface area (Å²) in [5, 5.41) is 0.874. The number of ketones is 1. The van der Waals surface area contributed by atoms with Crippen LogP contribution in [-0.2, 0) is 11.2 Å². The molecule has 0 aliphatic rings. The van der Waals surface area contributed by atoms with E-state index < -0.39 is 0 Å². The van der Waals surface area contributed by atoms with Crippen LogP contribution in [0.4, 0.5) is 0 Å². The molecule has 13 heavy (non-hydrogen) atoms. The minimum absolute atomic E-state index is 0.225. The number of hydrogen-bond donors (Lipinski definition) is 0. The summed E-state index contributed by atoms with van der Waals surface area (Å²) >= 11 is 4.96. The quantitative estimate of drug-likeness (QED) is 0.834. The van der Waals surface area contributed by atoms with Gasteiger partial charge in [-0.15, -0.1) is 11.3 Å². The Balaban J connectivity index is 2.62. The Labute approximate surface area is 90.0 Å². The molecule has 72 valence electrons. The third-order valence-corrected chi connectivity index (χ3v) is 3.62. The monoisotopic (exact) mass is 262 g/mol. The van der Waals surface area contributed by atoms with Crippen molar-refractivity contribution in [3.8, 4) is 5.06 Å². The number of thiophene rings is 1. The van der Waals surface area contributed by atoms with Crippen molar-refractivity contribution in [2.75, 3.05) is 7.11 Å². The molecule has 4 heteroatoms. The van der Waals surface area contributed by atoms with Crippen LogP contribution in [0.2, 0.25) is 0 Å². The lowest BCUT2D eigenvalue weighted by atomic mass is 10.2. The number of carbonyl (C=O) groups is 1. The van der Waals surface area contributed by atoms with Crippen LogP contribution in [-0.4, -0.2) is 12.9 Å². The highest BCUT2D eigenvalue weighted by atomic mass is 79.9. The maximum Gasteiger partial charge on any atom is 0.188 e. The SMILES string of the molecule is COc1sc(CCC(C)=O)cc1Br. The van der Waals surface area contributed by atoms with E-state index in [-0.39, 0.29) is 5.78 Å². The first-order valence-electron chi connectivity index (χ1n) is 3.95. The highest BCUT2D eigenvalue weighted by Crippen LogP contribution is 2.35. The van der Waals surface area contributed by atoms with Crippen LogP contribution in [0.1, 0.15) is 18.2 Å². The van der Waals surface area contributed by atoms with E-state index in [9.17, 15) is 4.79 Å². The largest absolute Gasteiger partial charge is 0.486 e. The smallest absolute Gasteiger partial charge is 0.188 e. The van der Waals surface area contributed by atoms with Gasteiger partial charge in [-0.25, -0.2) is 0 Å². The zero-order chi connectivity index (χ0) is 9.84. The predicted octanol–water partition coefficient (Wildman–Crippen LogP) is 3.04. The first kappa shape index (κ1) is 10.7. The van der Waals surface area contributed by atoms with Crippen LogP contribution in [0.5, 0.6) is 5.06 Å². The van der Waals surface area contributed by atoms with Crippen LogP contribution >= 0.6 is 27.3 Å². The van der Waals surface area contributed by atoms with Crippen LogP contribution in [0, 0.1) is 0 Å². The molecule has 0 saturated carbocycles. The van der Waals surface area contributed by atoms with E-state index in [1.165, 1.54) is 4.88 Å². The first-order chi connectivity index (χ1) is 6.13. The van der Waals surface area contributed by atoms with Crippen molar-refractivity contribution < 1.29 is 9.53 Å². The van der Waals surface area contributed by atoms with Gasteiger partial charge in [0, 0.05) is 11.3 Å². The topological polar surface area (TPSA) is 26.3 Å². The van der Waals surface area contributed by atoms with E-state index in [0.29, 0.717) is 6.42 Å². The number of aryl methyl sites for hydroxylation is 1. The second-order valence-corrected chi connectivity index (χ2v) is 4.71. The minimum Gasteiger partial charge on any atom is -0.486 e. The predicted molar refractivity (Wildman–Crippen MR) is 57.6 cm³/mol. The Hall–Kier alpha value is -0.350. The van der Waals surface area contributed by atoms with Crippen molar-refractivity contribution in [2.24, 2.45) is 0 Å². The van der Waals surface area contributed by atoms with Crippen LogP contribution in [0.25, 0.3) is 0 Å². The Kier molecular flexibility index (Phi) is 3.93. The summed E-state index contributed by atoms with van der Waals surface area (Å²) in [6.07, 6.45) is 1.41. The molecule has 0 saturated heterocycles. The minimum atomic E-state index is 0.225. The van der Waals surface area contributed by atoms with Gasteiger partial charge in [0.1, 0.15) is 5.78 Å². The lowest BCUT2D eigenvalue weighted by Crippen LogP contribution is -1.91. The van der Waals surface area contributed by atoms with Crippen molar-refractivity contribution >= 4 is 33.0 Å². The van der Waals surface area contributed by atoms with Gasteiger partial charge in [0.15, 0.2) is 5.06 Å². The molecular formula is C9H11BrO2S. The van der Waals surface area contributed by atoms with Crippen LogP contribution in [0.3, 0.4) is 0 Å². The summed E-state index contributed by atoms with van der Waals surface area (Å²) in [6.45, 7) is 1.61. The molecule has 1 aromatic heterocycles. The Morgan fingerprint density at radius 1 is 1.69 bits per heavy atom. The van der Waals surface area contributed by atoms with Gasteiger partial charge in [-0.1, -0.05) is 0 Å². The van der Waals surface area contributed by atoms with Gasteiger partial charge < -0.3 is 9.53 Å². The Bertz CT molecular complexity index is 307. The molecule has 1 heterocycles. The highest BCUT2D eigenvalue weighted by molar-refractivity contribution is 9.10. The summed E-state index contributed by atoms with van der Waals surface area (Å²) < 4.78 is 6.09. The summed E-state index contributed by atoms with van der Waals surface area (Å²) in [5.41, 5.74) is 0. The molecule has 0 radical (unpaired) electrons. The summed E-state index contributed by atoms with van der Waals surface area (Å²) in [6, 6.07) is 2.01. The third kappa shape index (κ3) is 3.12. The molecule has 0 fully saturated rings. The maximum atomic E-state index is 10.7. The fourth-order valence-electron chi connectivity index (χ4n) is 0.959. The van der Waals surface area contributed by atoms with Gasteiger partial charge in [0.25, 0.3) is 0 Å². The standard InChI is InChI=1S/C9H11BrO2S/c1-6(11)3-4-7-5-8(10)9(12-2)13-7/h5H,3-4H2,1-2H3. The molecule has 0 amide bonds. The molecular weight excluding hydrogens is 252 g/mol. The van der Waals surface area contributed by atoms with E-state index in [4.69, 9.17) is 4.74 Å². The lowest BCUT2D eigenvalue weighted by molar-refractivity contribution is -0.116. The van der Waals surface area contributed by atoms with Crippen LogP contribution in [0.15, 0.2) is 10.5 Å². The fourth-order valence-corrected chi connectivity index (χ4v) is 2.65. The number of methoxy groups -OCH3 is 1. The van der Waals surface area contributed by atoms with Crippen molar-refractivity contribution in [3.63, 3.8) is 0 Å². The molecule has 1 aromatic rings. The summed E-state index contributed by atoms with van der Waals surface area (Å²) in [7, 11) is 1.64. The molecule has 2 nitrogen and oxygen atoms in total. The number of halogens is 1. The normalized spacial score (nSPS) is 10.1. The van der Waals surface area contributed by atoms with E-state index >= 15 is 0 Å². The average molecular weight is 263 g/mol. The van der Waals surface area contributed by atoms with Gasteiger partial charge >= 0.3 is 0 Å². The number of carbonyl (C=O) groups excluding carboxylic acids is 1. The second kappa shape index (κ2) is 4.77. The number of rotatable bonds is 4. The molecule has 0 N–H and O–H groups in total. The van der Waals surface area contributed by atoms with Gasteiger partial charge in [-0.3, -0.25) is 0 Å². The van der Waals surface area contributed by atoms with Crippen molar-refractivity contribution in [2.45, 2.75) is 19.8 Å². The fraction of sp³-hybridized carbons (Fsp3) is 0.444. The van der Waals surface area contributed by atoms with Crippen LogP contribution < -0.4 is 4.74 Å². The first-order valence-corrected chi connectivity index (χ1v) is 5.56. The van der Waals surface area contributed by atoms with E-state index in [1.54, 1.807) is 25.4 Å². The average Bonchev–Trinajstić information content (AvgIpc) is 2.43. The number of Topliss-reactive ketones (excluding diaryl/α,β-unsaturated/α-hetero) is 1. The van der Waals surface area contributed by atoms with E-state index in [2.05, 4.69) is 15.9 Å². The van der Waals surface area contributed by atoms with E-state index in [0.717, 1.165) is 16.0 Å². The van der Waals surface area contributed by atoms with Gasteiger partial charge in [0.05, 0.1) is 11.6 Å². The number of ether oxygens (including phenoxy) is 1. The summed E-state index contributed by atoms with van der Waals surface area (Å²) in [5.74, 6) is 0.225. The van der Waals surface area contributed by atoms with Gasteiger partial charge in [-0.2, -0.15) is 0 Å². The molecule has 0 bridgehead atoms. The molecule has 0 atom stereocenters. The second-order valence-electron chi connectivity index (χ2n) is 2.75. The molecule has 0 aromatic carbocycles.